The van der Waals surface area contributed by atoms with Gasteiger partial charge in [-0.3, -0.25) is 14.6 Å². The first kappa shape index (κ1) is 17.4. The average molecular weight is 373 g/mol. The van der Waals surface area contributed by atoms with Crippen LogP contribution in [-0.4, -0.2) is 16.6 Å². The van der Waals surface area contributed by atoms with Crippen molar-refractivity contribution in [3.63, 3.8) is 0 Å². The van der Waals surface area contributed by atoms with E-state index in [1.807, 2.05) is 25.1 Å². The van der Waals surface area contributed by atoms with Crippen molar-refractivity contribution in [1.82, 2.24) is 4.98 Å². The van der Waals surface area contributed by atoms with Crippen LogP contribution in [0.2, 0.25) is 0 Å². The summed E-state index contributed by atoms with van der Waals surface area (Å²) in [5, 5.41) is 0. The van der Waals surface area contributed by atoms with Crippen LogP contribution in [-0.2, 0) is 21.4 Å². The van der Waals surface area contributed by atoms with E-state index < -0.39 is 12.0 Å². The second-order valence-electron chi connectivity index (χ2n) is 8.75. The SMILES string of the molecule is CC1=C(c2ccncc2)OC2c3ccc4c(c3C(=O)C(=O)C12)CCCC4(C)C. The predicted octanol–water partition coefficient (Wildman–Crippen LogP) is 4.58. The first-order chi connectivity index (χ1) is 13.4. The smallest absolute Gasteiger partial charge is 0.230 e. The molecule has 2 aliphatic carbocycles. The molecule has 1 aromatic heterocycles. The molecule has 3 aliphatic rings. The van der Waals surface area contributed by atoms with E-state index >= 15 is 0 Å². The van der Waals surface area contributed by atoms with Crippen LogP contribution in [0.3, 0.4) is 0 Å². The minimum atomic E-state index is -0.530. The third-order valence-electron chi connectivity index (χ3n) is 6.66. The normalized spacial score (nSPS) is 25.1. The summed E-state index contributed by atoms with van der Waals surface area (Å²) >= 11 is 0. The fraction of sp³-hybridized carbons (Fsp3) is 0.375. The van der Waals surface area contributed by atoms with E-state index in [4.69, 9.17) is 4.74 Å². The van der Waals surface area contributed by atoms with Crippen LogP contribution in [0.15, 0.2) is 42.2 Å². The molecule has 0 saturated carbocycles. The lowest BCUT2D eigenvalue weighted by Gasteiger charge is -2.36. The molecule has 2 heterocycles. The van der Waals surface area contributed by atoms with E-state index in [1.165, 1.54) is 5.56 Å². The van der Waals surface area contributed by atoms with Crippen molar-refractivity contribution >= 4 is 17.3 Å². The number of benzene rings is 1. The molecule has 0 N–H and O–H groups in total. The maximum atomic E-state index is 13.2. The van der Waals surface area contributed by atoms with Gasteiger partial charge in [0.25, 0.3) is 0 Å². The summed E-state index contributed by atoms with van der Waals surface area (Å²) in [7, 11) is 0. The molecule has 1 aliphatic heterocycles. The van der Waals surface area contributed by atoms with Gasteiger partial charge in [0.05, 0.1) is 5.92 Å². The molecule has 2 unspecified atom stereocenters. The number of Topliss-reactive ketones (excluding diaryl/α,β-unsaturated/α-hetero) is 2. The summed E-state index contributed by atoms with van der Waals surface area (Å²) in [4.78, 5) is 30.4. The molecular formula is C24H23NO3. The molecule has 0 radical (unpaired) electrons. The molecule has 4 nitrogen and oxygen atoms in total. The molecule has 2 aromatic rings. The molecule has 1 aromatic carbocycles. The molecule has 28 heavy (non-hydrogen) atoms. The van der Waals surface area contributed by atoms with E-state index in [1.54, 1.807) is 12.4 Å². The molecule has 142 valence electrons. The number of rotatable bonds is 1. The number of aromatic nitrogens is 1. The summed E-state index contributed by atoms with van der Waals surface area (Å²) in [6, 6.07) is 7.92. The Bertz CT molecular complexity index is 1050. The molecule has 0 amide bonds. The van der Waals surface area contributed by atoms with Crippen LogP contribution in [0.5, 0.6) is 0 Å². The highest BCUT2D eigenvalue weighted by atomic mass is 16.5. The van der Waals surface area contributed by atoms with Crippen LogP contribution in [0, 0.1) is 5.92 Å². The number of carbonyl (C=O) groups excluding carboxylic acids is 2. The first-order valence-electron chi connectivity index (χ1n) is 9.93. The molecular weight excluding hydrogens is 350 g/mol. The molecule has 4 heteroatoms. The summed E-state index contributed by atoms with van der Waals surface area (Å²) in [6.45, 7) is 6.33. The van der Waals surface area contributed by atoms with E-state index in [2.05, 4.69) is 24.9 Å². The zero-order valence-electron chi connectivity index (χ0n) is 16.4. The highest BCUT2D eigenvalue weighted by Crippen LogP contribution is 2.51. The zero-order chi connectivity index (χ0) is 19.6. The maximum absolute atomic E-state index is 13.2. The first-order valence-corrected chi connectivity index (χ1v) is 9.93. The Labute approximate surface area is 164 Å². The van der Waals surface area contributed by atoms with Gasteiger partial charge in [0, 0.05) is 29.1 Å². The number of ketones is 2. The number of carbonyl (C=O) groups is 2. The monoisotopic (exact) mass is 373 g/mol. The second kappa shape index (κ2) is 5.87. The van der Waals surface area contributed by atoms with E-state index in [9.17, 15) is 9.59 Å². The zero-order valence-corrected chi connectivity index (χ0v) is 16.4. The molecule has 5 rings (SSSR count). The van der Waals surface area contributed by atoms with Gasteiger partial charge < -0.3 is 4.74 Å². The summed E-state index contributed by atoms with van der Waals surface area (Å²) in [5.41, 5.74) is 5.49. The van der Waals surface area contributed by atoms with Crippen molar-refractivity contribution in [1.29, 1.82) is 0 Å². The topological polar surface area (TPSA) is 56.3 Å². The van der Waals surface area contributed by atoms with Crippen molar-refractivity contribution in [2.45, 2.75) is 51.6 Å². The lowest BCUT2D eigenvalue weighted by atomic mass is 9.67. The van der Waals surface area contributed by atoms with Crippen LogP contribution < -0.4 is 0 Å². The standard InChI is InChI=1S/C24H23NO3/c1-13-18-20(26)21(27)19-15-5-4-10-24(2,3)17(15)7-6-16(19)23(18)28-22(13)14-8-11-25-12-9-14/h6-9,11-12,18,23H,4-5,10H2,1-3H3. The third kappa shape index (κ3) is 2.27. The van der Waals surface area contributed by atoms with Crippen LogP contribution in [0.1, 0.15) is 72.3 Å². The van der Waals surface area contributed by atoms with Gasteiger partial charge in [0.1, 0.15) is 11.9 Å². The van der Waals surface area contributed by atoms with Crippen molar-refractivity contribution in [2.24, 2.45) is 5.92 Å². The number of pyridine rings is 1. The minimum Gasteiger partial charge on any atom is -0.484 e. The van der Waals surface area contributed by atoms with Gasteiger partial charge in [-0.1, -0.05) is 26.0 Å². The highest BCUT2D eigenvalue weighted by molar-refractivity contribution is 6.46. The Balaban J connectivity index is 1.67. The lowest BCUT2D eigenvalue weighted by Crippen LogP contribution is -2.37. The fourth-order valence-corrected chi connectivity index (χ4v) is 5.20. The van der Waals surface area contributed by atoms with E-state index in [0.717, 1.165) is 41.5 Å². The number of hydrogen-bond acceptors (Lipinski definition) is 4. The van der Waals surface area contributed by atoms with Gasteiger partial charge in [-0.2, -0.15) is 0 Å². The Morgan fingerprint density at radius 1 is 1.11 bits per heavy atom. The Kier molecular flexibility index (Phi) is 3.64. The molecule has 0 bridgehead atoms. The lowest BCUT2D eigenvalue weighted by molar-refractivity contribution is -0.120. The highest BCUT2D eigenvalue weighted by Gasteiger charge is 2.50. The fourth-order valence-electron chi connectivity index (χ4n) is 5.20. The molecule has 2 atom stereocenters. The van der Waals surface area contributed by atoms with Crippen molar-refractivity contribution in [3.05, 3.63) is 70.0 Å². The number of ether oxygens (including phenoxy) is 1. The molecule has 0 saturated heterocycles. The van der Waals surface area contributed by atoms with Crippen molar-refractivity contribution < 1.29 is 14.3 Å². The van der Waals surface area contributed by atoms with Crippen LogP contribution >= 0.6 is 0 Å². The van der Waals surface area contributed by atoms with Gasteiger partial charge in [0.15, 0.2) is 0 Å². The van der Waals surface area contributed by atoms with E-state index in [-0.39, 0.29) is 17.0 Å². The Hall–Kier alpha value is -2.75. The van der Waals surface area contributed by atoms with E-state index in [0.29, 0.717) is 11.3 Å². The van der Waals surface area contributed by atoms with Crippen LogP contribution in [0.4, 0.5) is 0 Å². The van der Waals surface area contributed by atoms with Gasteiger partial charge >= 0.3 is 0 Å². The third-order valence-corrected chi connectivity index (χ3v) is 6.66. The number of fused-ring (bicyclic) bond motifs is 5. The van der Waals surface area contributed by atoms with Gasteiger partial charge in [0.2, 0.25) is 11.6 Å². The molecule has 0 spiro atoms. The number of nitrogens with zero attached hydrogens (tertiary/aromatic N) is 1. The van der Waals surface area contributed by atoms with Gasteiger partial charge in [-0.05, 0) is 60.4 Å². The van der Waals surface area contributed by atoms with Gasteiger partial charge in [-0.25, -0.2) is 0 Å². The summed E-state index contributed by atoms with van der Waals surface area (Å²) in [5.74, 6) is -0.511. The second-order valence-corrected chi connectivity index (χ2v) is 8.75. The quantitative estimate of drug-likeness (QED) is 0.687. The maximum Gasteiger partial charge on any atom is 0.230 e. The largest absolute Gasteiger partial charge is 0.484 e. The molecule has 0 fully saturated rings. The average Bonchev–Trinajstić information content (AvgIpc) is 3.03. The summed E-state index contributed by atoms with van der Waals surface area (Å²) < 4.78 is 6.33. The van der Waals surface area contributed by atoms with Crippen LogP contribution in [0.25, 0.3) is 5.76 Å². The summed E-state index contributed by atoms with van der Waals surface area (Å²) in [6.07, 6.45) is 5.98. The number of hydrogen-bond donors (Lipinski definition) is 0. The van der Waals surface area contributed by atoms with Gasteiger partial charge in [-0.15, -0.1) is 0 Å². The Morgan fingerprint density at radius 2 is 1.86 bits per heavy atom. The minimum absolute atomic E-state index is 0.0235. The van der Waals surface area contributed by atoms with Crippen molar-refractivity contribution in [3.8, 4) is 0 Å². The van der Waals surface area contributed by atoms with Crippen molar-refractivity contribution in [2.75, 3.05) is 0 Å². The Morgan fingerprint density at radius 3 is 2.61 bits per heavy atom. The predicted molar refractivity (Wildman–Crippen MR) is 106 cm³/mol.